The van der Waals surface area contributed by atoms with Crippen LogP contribution in [0, 0.1) is 0 Å². The Balaban J connectivity index is 0.00000124. The molecule has 30 heavy (non-hydrogen) atoms. The molecule has 0 bridgehead atoms. The standard InChI is InChI=1S/C22H17ClN2O2S.C2H6/c1-12(2)25-27-13(3)20-21(19-10-14-6-4-5-7-18(14)28-19)16-11-15(23)8-9-17(16)24-22(20)26;1-2/h4-11H,3H2,1-2H3,(H,24,26);1-2H3. The third kappa shape index (κ3) is 4.32. The lowest BCUT2D eigenvalue weighted by Crippen LogP contribution is -2.14. The van der Waals surface area contributed by atoms with Crippen molar-refractivity contribution in [3.8, 4) is 10.4 Å². The number of hydrogen-bond donors (Lipinski definition) is 1. The summed E-state index contributed by atoms with van der Waals surface area (Å²) in [5.74, 6) is 0.191. The molecule has 1 N–H and O–H groups in total. The molecule has 2 aromatic heterocycles. The Labute approximate surface area is 184 Å². The second-order valence-electron chi connectivity index (χ2n) is 6.60. The van der Waals surface area contributed by atoms with Crippen molar-refractivity contribution in [2.24, 2.45) is 5.16 Å². The van der Waals surface area contributed by atoms with Gasteiger partial charge in [-0.25, -0.2) is 0 Å². The van der Waals surface area contributed by atoms with Gasteiger partial charge in [0, 0.05) is 31.1 Å². The Morgan fingerprint density at radius 2 is 1.87 bits per heavy atom. The van der Waals surface area contributed by atoms with Crippen LogP contribution in [0.3, 0.4) is 0 Å². The highest BCUT2D eigenvalue weighted by atomic mass is 35.5. The molecule has 2 heterocycles. The van der Waals surface area contributed by atoms with Gasteiger partial charge >= 0.3 is 0 Å². The number of pyridine rings is 1. The average molecular weight is 439 g/mol. The van der Waals surface area contributed by atoms with E-state index in [1.165, 1.54) is 0 Å². The summed E-state index contributed by atoms with van der Waals surface area (Å²) in [5, 5.41) is 6.48. The van der Waals surface area contributed by atoms with E-state index in [4.69, 9.17) is 16.4 Å². The van der Waals surface area contributed by atoms with Crippen molar-refractivity contribution in [1.29, 1.82) is 0 Å². The number of oxime groups is 1. The van der Waals surface area contributed by atoms with E-state index in [0.717, 1.165) is 31.6 Å². The van der Waals surface area contributed by atoms with Crippen LogP contribution in [0.4, 0.5) is 0 Å². The van der Waals surface area contributed by atoms with Crippen LogP contribution < -0.4 is 5.56 Å². The number of fused-ring (bicyclic) bond motifs is 2. The fraction of sp³-hybridized carbons (Fsp3) is 0.167. The van der Waals surface area contributed by atoms with Crippen LogP contribution in [0.5, 0.6) is 0 Å². The maximum atomic E-state index is 12.9. The van der Waals surface area contributed by atoms with Crippen molar-refractivity contribution in [2.45, 2.75) is 27.7 Å². The van der Waals surface area contributed by atoms with Gasteiger partial charge in [-0.3, -0.25) is 4.79 Å². The van der Waals surface area contributed by atoms with E-state index in [9.17, 15) is 4.79 Å². The highest BCUT2D eigenvalue weighted by molar-refractivity contribution is 7.22. The van der Waals surface area contributed by atoms with E-state index < -0.39 is 0 Å². The second-order valence-corrected chi connectivity index (χ2v) is 8.12. The summed E-state index contributed by atoms with van der Waals surface area (Å²) < 4.78 is 1.13. The molecule has 0 radical (unpaired) electrons. The van der Waals surface area contributed by atoms with Crippen molar-refractivity contribution in [3.05, 3.63) is 76.0 Å². The fourth-order valence-electron chi connectivity index (χ4n) is 3.08. The van der Waals surface area contributed by atoms with Gasteiger partial charge in [-0.1, -0.05) is 55.4 Å². The first-order valence-electron chi connectivity index (χ1n) is 9.66. The largest absolute Gasteiger partial charge is 0.357 e. The minimum atomic E-state index is -0.281. The molecule has 2 aromatic carbocycles. The summed E-state index contributed by atoms with van der Waals surface area (Å²) >= 11 is 7.87. The predicted octanol–water partition coefficient (Wildman–Crippen LogP) is 7.47. The maximum absolute atomic E-state index is 12.9. The third-order valence-corrected chi connectivity index (χ3v) is 5.63. The van der Waals surface area contributed by atoms with Crippen LogP contribution in [-0.4, -0.2) is 10.7 Å². The van der Waals surface area contributed by atoms with Crippen molar-refractivity contribution < 1.29 is 4.84 Å². The Bertz CT molecular complexity index is 1280. The first-order valence-corrected chi connectivity index (χ1v) is 10.9. The van der Waals surface area contributed by atoms with Gasteiger partial charge < -0.3 is 9.82 Å². The topological polar surface area (TPSA) is 54.4 Å². The quantitative estimate of drug-likeness (QED) is 0.204. The summed E-state index contributed by atoms with van der Waals surface area (Å²) in [6.45, 7) is 11.6. The van der Waals surface area contributed by atoms with Crippen LogP contribution in [0.15, 0.2) is 65.1 Å². The number of aromatic nitrogens is 1. The molecule has 0 aliphatic heterocycles. The van der Waals surface area contributed by atoms with Crippen LogP contribution in [0.25, 0.3) is 37.2 Å². The zero-order valence-corrected chi connectivity index (χ0v) is 18.9. The van der Waals surface area contributed by atoms with Crippen LogP contribution in [-0.2, 0) is 4.84 Å². The summed E-state index contributed by atoms with van der Waals surface area (Å²) in [6, 6.07) is 15.6. The second kappa shape index (κ2) is 9.28. The number of thiophene rings is 1. The molecule has 0 fully saturated rings. The number of hydrogen-bond acceptors (Lipinski definition) is 4. The summed E-state index contributed by atoms with van der Waals surface area (Å²) in [6.07, 6.45) is 0. The zero-order valence-electron chi connectivity index (χ0n) is 17.4. The van der Waals surface area contributed by atoms with E-state index in [2.05, 4.69) is 28.9 Å². The smallest absolute Gasteiger partial charge is 0.260 e. The average Bonchev–Trinajstić information content (AvgIpc) is 3.16. The predicted molar refractivity (Wildman–Crippen MR) is 131 cm³/mol. The Kier molecular flexibility index (Phi) is 6.75. The highest BCUT2D eigenvalue weighted by Crippen LogP contribution is 2.40. The SMILES string of the molecule is C=C(ON=C(C)C)c1c(-c2cc3ccccc3s2)c2cc(Cl)ccc2[nH]c1=O.CC. The van der Waals surface area contributed by atoms with E-state index in [1.807, 2.05) is 52.0 Å². The first-order chi connectivity index (χ1) is 14.4. The third-order valence-electron chi connectivity index (χ3n) is 4.27. The molecule has 0 amide bonds. The Morgan fingerprint density at radius 3 is 2.57 bits per heavy atom. The normalized spacial score (nSPS) is 10.4. The van der Waals surface area contributed by atoms with Gasteiger partial charge in [-0.2, -0.15) is 0 Å². The molecule has 6 heteroatoms. The number of rotatable bonds is 4. The highest BCUT2D eigenvalue weighted by Gasteiger charge is 2.20. The lowest BCUT2D eigenvalue weighted by molar-refractivity contribution is 0.298. The minimum Gasteiger partial charge on any atom is -0.357 e. The molecule has 154 valence electrons. The molecule has 0 saturated heterocycles. The molecule has 0 saturated carbocycles. The van der Waals surface area contributed by atoms with Gasteiger partial charge in [0.25, 0.3) is 5.56 Å². The number of nitrogens with one attached hydrogen (secondary N) is 1. The van der Waals surface area contributed by atoms with Crippen molar-refractivity contribution in [1.82, 2.24) is 4.98 Å². The summed E-state index contributed by atoms with van der Waals surface area (Å²) in [7, 11) is 0. The minimum absolute atomic E-state index is 0.191. The molecule has 0 aliphatic carbocycles. The number of benzene rings is 2. The fourth-order valence-corrected chi connectivity index (χ4v) is 4.38. The van der Waals surface area contributed by atoms with Gasteiger partial charge in [0.05, 0.1) is 11.3 Å². The van der Waals surface area contributed by atoms with Crippen LogP contribution in [0.2, 0.25) is 5.02 Å². The summed E-state index contributed by atoms with van der Waals surface area (Å²) in [5.41, 5.74) is 2.25. The number of H-pyrrole nitrogens is 1. The lowest BCUT2D eigenvalue weighted by atomic mass is 10.0. The molecule has 0 spiro atoms. The molecule has 0 atom stereocenters. The van der Waals surface area contributed by atoms with Crippen molar-refractivity contribution in [3.63, 3.8) is 0 Å². The Morgan fingerprint density at radius 1 is 1.13 bits per heavy atom. The maximum Gasteiger partial charge on any atom is 0.260 e. The van der Waals surface area contributed by atoms with Gasteiger partial charge in [0.2, 0.25) is 0 Å². The first kappa shape index (κ1) is 21.8. The summed E-state index contributed by atoms with van der Waals surface area (Å²) in [4.78, 5) is 22.2. The number of halogens is 1. The van der Waals surface area contributed by atoms with E-state index in [1.54, 1.807) is 23.5 Å². The van der Waals surface area contributed by atoms with Gasteiger partial charge in [-0.05, 0) is 49.6 Å². The van der Waals surface area contributed by atoms with Crippen molar-refractivity contribution in [2.75, 3.05) is 0 Å². The van der Waals surface area contributed by atoms with Crippen LogP contribution >= 0.6 is 22.9 Å². The van der Waals surface area contributed by atoms with Gasteiger partial charge in [-0.15, -0.1) is 11.3 Å². The zero-order chi connectivity index (χ0) is 21.8. The van der Waals surface area contributed by atoms with Crippen molar-refractivity contribution >= 4 is 55.4 Å². The van der Waals surface area contributed by atoms with E-state index in [0.29, 0.717) is 16.1 Å². The number of aromatic amines is 1. The molecular weight excluding hydrogens is 416 g/mol. The number of nitrogens with zero attached hydrogens (tertiary/aromatic N) is 1. The monoisotopic (exact) mass is 438 g/mol. The van der Waals surface area contributed by atoms with E-state index >= 15 is 0 Å². The lowest BCUT2D eigenvalue weighted by Gasteiger charge is -2.12. The molecule has 0 aliphatic rings. The van der Waals surface area contributed by atoms with Gasteiger partial charge in [0.1, 0.15) is 0 Å². The van der Waals surface area contributed by atoms with Crippen LogP contribution in [0.1, 0.15) is 33.3 Å². The Hall–Kier alpha value is -2.89. The molecule has 0 unspecified atom stereocenters. The molecule has 4 nitrogen and oxygen atoms in total. The molecular formula is C24H23ClN2O2S. The molecule has 4 rings (SSSR count). The van der Waals surface area contributed by atoms with E-state index in [-0.39, 0.29) is 11.3 Å². The molecule has 4 aromatic rings. The van der Waals surface area contributed by atoms with Gasteiger partial charge in [0.15, 0.2) is 5.76 Å².